The molecule has 0 saturated carbocycles. The number of ether oxygens (including phenoxy) is 1. The molecule has 2 atom stereocenters. The van der Waals surface area contributed by atoms with Gasteiger partial charge in [0.05, 0.1) is 13.0 Å². The zero-order valence-electron chi connectivity index (χ0n) is 6.91. The van der Waals surface area contributed by atoms with E-state index in [1.807, 2.05) is 13.8 Å². The van der Waals surface area contributed by atoms with Crippen LogP contribution in [0.4, 0.5) is 0 Å². The number of carbonyl (C=O) groups excluding carboxylic acids is 1. The van der Waals surface area contributed by atoms with Crippen LogP contribution in [0, 0.1) is 11.8 Å². The summed E-state index contributed by atoms with van der Waals surface area (Å²) < 4.78 is 4.90. The summed E-state index contributed by atoms with van der Waals surface area (Å²) in [4.78, 5) is 10.8. The van der Waals surface area contributed by atoms with Crippen LogP contribution in [0.5, 0.6) is 0 Å². The van der Waals surface area contributed by atoms with E-state index < -0.39 is 0 Å². The first-order chi connectivity index (χ1) is 5.15. The summed E-state index contributed by atoms with van der Waals surface area (Å²) in [6.07, 6.45) is 0.200. The second-order valence-corrected chi connectivity index (χ2v) is 3.32. The monoisotopic (exact) mass is 158 g/mol. The second-order valence-electron chi connectivity index (χ2n) is 3.32. The van der Waals surface area contributed by atoms with E-state index in [-0.39, 0.29) is 24.6 Å². The molecule has 0 amide bonds. The predicted octanol–water partition coefficient (Wildman–Crippen LogP) is 0.566. The van der Waals surface area contributed by atoms with E-state index in [1.165, 1.54) is 0 Å². The molecule has 1 aliphatic heterocycles. The van der Waals surface area contributed by atoms with Crippen molar-refractivity contribution < 1.29 is 14.6 Å². The number of carbonyl (C=O) groups is 1. The summed E-state index contributed by atoms with van der Waals surface area (Å²) >= 11 is 0. The lowest BCUT2D eigenvalue weighted by atomic mass is 9.90. The molecule has 0 spiro atoms. The molecule has 1 rings (SSSR count). The zero-order chi connectivity index (χ0) is 8.43. The van der Waals surface area contributed by atoms with E-state index in [4.69, 9.17) is 9.84 Å². The summed E-state index contributed by atoms with van der Waals surface area (Å²) in [6.45, 7) is 4.03. The summed E-state index contributed by atoms with van der Waals surface area (Å²) in [5.41, 5.74) is 0. The molecule has 1 saturated heterocycles. The summed E-state index contributed by atoms with van der Waals surface area (Å²) in [5, 5.41) is 8.83. The molecule has 0 aromatic heterocycles. The Morgan fingerprint density at radius 1 is 1.73 bits per heavy atom. The molecule has 11 heavy (non-hydrogen) atoms. The Balaban J connectivity index is 2.57. The van der Waals surface area contributed by atoms with Crippen LogP contribution in [0.15, 0.2) is 0 Å². The molecule has 0 aromatic carbocycles. The second kappa shape index (κ2) is 3.22. The fourth-order valence-corrected chi connectivity index (χ4v) is 1.47. The van der Waals surface area contributed by atoms with Gasteiger partial charge in [-0.3, -0.25) is 4.79 Å². The van der Waals surface area contributed by atoms with Gasteiger partial charge < -0.3 is 9.84 Å². The number of cyclic esters (lactones) is 1. The van der Waals surface area contributed by atoms with Gasteiger partial charge in [0.25, 0.3) is 0 Å². The Labute approximate surface area is 66.4 Å². The van der Waals surface area contributed by atoms with Gasteiger partial charge in [-0.2, -0.15) is 0 Å². The first-order valence-electron chi connectivity index (χ1n) is 3.95. The molecule has 1 aliphatic rings. The summed E-state index contributed by atoms with van der Waals surface area (Å²) in [5.74, 6) is 0.425. The molecule has 0 bridgehead atoms. The highest BCUT2D eigenvalue weighted by molar-refractivity contribution is 5.72. The average molecular weight is 158 g/mol. The Morgan fingerprint density at radius 3 is 2.73 bits per heavy atom. The number of aliphatic hydroxyl groups excluding tert-OH is 1. The SMILES string of the molecule is CC(C)[C@H]1CC(=O)O[C@@H]1CO. The van der Waals surface area contributed by atoms with Crippen LogP contribution in [0.3, 0.4) is 0 Å². The molecular weight excluding hydrogens is 144 g/mol. The van der Waals surface area contributed by atoms with Crippen LogP contribution in [0.1, 0.15) is 20.3 Å². The molecule has 0 radical (unpaired) electrons. The Bertz CT molecular complexity index is 153. The quantitative estimate of drug-likeness (QED) is 0.597. The number of aliphatic hydroxyl groups is 1. The molecule has 1 N–H and O–H groups in total. The number of rotatable bonds is 2. The summed E-state index contributed by atoms with van der Waals surface area (Å²) in [6, 6.07) is 0. The van der Waals surface area contributed by atoms with E-state index in [9.17, 15) is 4.79 Å². The highest BCUT2D eigenvalue weighted by atomic mass is 16.6. The van der Waals surface area contributed by atoms with Crippen molar-refractivity contribution in [1.29, 1.82) is 0 Å². The van der Waals surface area contributed by atoms with E-state index in [2.05, 4.69) is 0 Å². The minimum atomic E-state index is -0.262. The maximum absolute atomic E-state index is 10.8. The third-order valence-electron chi connectivity index (χ3n) is 2.20. The Kier molecular flexibility index (Phi) is 2.49. The molecule has 1 heterocycles. The Hall–Kier alpha value is -0.570. The van der Waals surface area contributed by atoms with Gasteiger partial charge in [0.1, 0.15) is 6.10 Å². The lowest BCUT2D eigenvalue weighted by Gasteiger charge is -2.17. The van der Waals surface area contributed by atoms with Gasteiger partial charge in [-0.15, -0.1) is 0 Å². The predicted molar refractivity (Wildman–Crippen MR) is 39.9 cm³/mol. The lowest BCUT2D eigenvalue weighted by Crippen LogP contribution is -2.24. The van der Waals surface area contributed by atoms with Crippen molar-refractivity contribution >= 4 is 5.97 Å². The number of hydrogen-bond donors (Lipinski definition) is 1. The highest BCUT2D eigenvalue weighted by Crippen LogP contribution is 2.28. The fraction of sp³-hybridized carbons (Fsp3) is 0.875. The van der Waals surface area contributed by atoms with E-state index in [0.29, 0.717) is 12.3 Å². The summed E-state index contributed by atoms with van der Waals surface area (Å²) in [7, 11) is 0. The molecule has 64 valence electrons. The van der Waals surface area contributed by atoms with Crippen molar-refractivity contribution in [3.05, 3.63) is 0 Å². The first kappa shape index (κ1) is 8.53. The van der Waals surface area contributed by atoms with Gasteiger partial charge in [-0.1, -0.05) is 13.8 Å². The average Bonchev–Trinajstić information content (AvgIpc) is 2.30. The molecule has 0 unspecified atom stereocenters. The first-order valence-corrected chi connectivity index (χ1v) is 3.95. The highest BCUT2D eigenvalue weighted by Gasteiger charge is 2.35. The molecular formula is C8H14O3. The van der Waals surface area contributed by atoms with Crippen LogP contribution >= 0.6 is 0 Å². The van der Waals surface area contributed by atoms with Crippen molar-refractivity contribution in [3.63, 3.8) is 0 Å². The molecule has 3 heteroatoms. The normalized spacial score (nSPS) is 31.1. The van der Waals surface area contributed by atoms with Gasteiger partial charge >= 0.3 is 5.97 Å². The third kappa shape index (κ3) is 1.71. The maximum Gasteiger partial charge on any atom is 0.306 e. The van der Waals surface area contributed by atoms with Crippen molar-refractivity contribution in [2.75, 3.05) is 6.61 Å². The molecule has 0 aliphatic carbocycles. The van der Waals surface area contributed by atoms with Crippen molar-refractivity contribution in [2.45, 2.75) is 26.4 Å². The Morgan fingerprint density at radius 2 is 2.36 bits per heavy atom. The van der Waals surface area contributed by atoms with Gasteiger partial charge in [0.2, 0.25) is 0 Å². The molecule has 3 nitrogen and oxygen atoms in total. The lowest BCUT2D eigenvalue weighted by molar-refractivity contribution is -0.142. The van der Waals surface area contributed by atoms with Crippen LogP contribution in [-0.4, -0.2) is 23.8 Å². The van der Waals surface area contributed by atoms with E-state index in [1.54, 1.807) is 0 Å². The minimum Gasteiger partial charge on any atom is -0.460 e. The van der Waals surface area contributed by atoms with Gasteiger partial charge in [-0.25, -0.2) is 0 Å². The van der Waals surface area contributed by atoms with Crippen LogP contribution < -0.4 is 0 Å². The number of esters is 1. The largest absolute Gasteiger partial charge is 0.460 e. The maximum atomic E-state index is 10.8. The van der Waals surface area contributed by atoms with Gasteiger partial charge in [0.15, 0.2) is 0 Å². The standard InChI is InChI=1S/C8H14O3/c1-5(2)6-3-8(10)11-7(6)4-9/h5-7,9H,3-4H2,1-2H3/t6-,7-/m1/s1. The van der Waals surface area contributed by atoms with E-state index in [0.717, 1.165) is 0 Å². The van der Waals surface area contributed by atoms with Gasteiger partial charge in [0, 0.05) is 5.92 Å². The third-order valence-corrected chi connectivity index (χ3v) is 2.20. The van der Waals surface area contributed by atoms with Crippen LogP contribution in [-0.2, 0) is 9.53 Å². The van der Waals surface area contributed by atoms with Gasteiger partial charge in [-0.05, 0) is 5.92 Å². The van der Waals surface area contributed by atoms with Crippen molar-refractivity contribution in [1.82, 2.24) is 0 Å². The smallest absolute Gasteiger partial charge is 0.306 e. The minimum absolute atomic E-state index is 0.0470. The molecule has 0 aromatic rings. The zero-order valence-corrected chi connectivity index (χ0v) is 6.91. The fourth-order valence-electron chi connectivity index (χ4n) is 1.47. The van der Waals surface area contributed by atoms with E-state index >= 15 is 0 Å². The van der Waals surface area contributed by atoms with Crippen LogP contribution in [0.25, 0.3) is 0 Å². The topological polar surface area (TPSA) is 46.5 Å². The van der Waals surface area contributed by atoms with Crippen molar-refractivity contribution in [2.24, 2.45) is 11.8 Å². The number of hydrogen-bond acceptors (Lipinski definition) is 3. The van der Waals surface area contributed by atoms with Crippen molar-refractivity contribution in [3.8, 4) is 0 Å². The molecule has 1 fully saturated rings. The van der Waals surface area contributed by atoms with Crippen LogP contribution in [0.2, 0.25) is 0 Å².